The first kappa shape index (κ1) is 27.8. The van der Waals surface area contributed by atoms with Crippen molar-refractivity contribution in [2.75, 3.05) is 4.90 Å². The van der Waals surface area contributed by atoms with Crippen LogP contribution >= 0.6 is 0 Å². The largest absolute Gasteiger partial charge is 0.311 e. The van der Waals surface area contributed by atoms with Crippen LogP contribution < -0.4 is 4.90 Å². The van der Waals surface area contributed by atoms with E-state index >= 15 is 0 Å². The lowest BCUT2D eigenvalue weighted by Crippen LogP contribution is -2.09. The van der Waals surface area contributed by atoms with E-state index in [0.29, 0.717) is 0 Å². The van der Waals surface area contributed by atoms with Crippen molar-refractivity contribution < 1.29 is 0 Å². The first-order chi connectivity index (χ1) is 23.8. The maximum atomic E-state index is 4.85. The van der Waals surface area contributed by atoms with Gasteiger partial charge in [-0.25, -0.2) is 4.98 Å². The molecule has 9 aromatic rings. The number of hydrogen-bond donors (Lipinski definition) is 0. The summed E-state index contributed by atoms with van der Waals surface area (Å²) in [5.41, 5.74) is 12.9. The number of fused-ring (bicyclic) bond motifs is 4. The monoisotopic (exact) mass is 614 g/mol. The van der Waals surface area contributed by atoms with Crippen molar-refractivity contribution in [2.24, 2.45) is 0 Å². The molecule has 9 rings (SSSR count). The fourth-order valence-electron chi connectivity index (χ4n) is 6.71. The van der Waals surface area contributed by atoms with Crippen molar-refractivity contribution in [3.8, 4) is 28.1 Å². The predicted octanol–water partition coefficient (Wildman–Crippen LogP) is 11.5. The molecule has 2 aromatic heterocycles. The molecule has 48 heavy (non-hydrogen) atoms. The Hall–Kier alpha value is -6.52. The minimum Gasteiger partial charge on any atom is -0.311 e. The summed E-state index contributed by atoms with van der Waals surface area (Å²) in [6, 6.07) is 62.0. The van der Waals surface area contributed by atoms with Crippen molar-refractivity contribution in [3.05, 3.63) is 182 Å². The van der Waals surface area contributed by atoms with E-state index in [0.717, 1.165) is 45.0 Å². The quantitative estimate of drug-likeness (QED) is 0.187. The molecule has 0 radical (unpaired) electrons. The first-order valence-electron chi connectivity index (χ1n) is 16.2. The summed E-state index contributed by atoms with van der Waals surface area (Å²) in [6.07, 6.45) is 1.85. The van der Waals surface area contributed by atoms with E-state index in [9.17, 15) is 0 Å². The number of anilines is 3. The Morgan fingerprint density at radius 2 is 0.979 bits per heavy atom. The van der Waals surface area contributed by atoms with Gasteiger partial charge < -0.3 is 9.47 Å². The Kier molecular flexibility index (Phi) is 6.76. The van der Waals surface area contributed by atoms with Gasteiger partial charge in [-0.1, -0.05) is 97.1 Å². The predicted molar refractivity (Wildman–Crippen MR) is 199 cm³/mol. The number of rotatable bonds is 6. The van der Waals surface area contributed by atoms with Gasteiger partial charge in [-0.05, 0) is 90.0 Å². The van der Waals surface area contributed by atoms with Crippen LogP contribution in [0.3, 0.4) is 0 Å². The average Bonchev–Trinajstić information content (AvgIpc) is 3.50. The number of para-hydroxylation sites is 5. The van der Waals surface area contributed by atoms with E-state index in [4.69, 9.17) is 4.98 Å². The molecule has 0 saturated heterocycles. The summed E-state index contributed by atoms with van der Waals surface area (Å²) < 4.78 is 2.35. The third kappa shape index (κ3) is 4.88. The van der Waals surface area contributed by atoms with Gasteiger partial charge in [-0.2, -0.15) is 0 Å². The molecule has 0 amide bonds. The molecule has 4 heteroatoms. The Morgan fingerprint density at radius 1 is 0.417 bits per heavy atom. The molecule has 7 aromatic carbocycles. The maximum absolute atomic E-state index is 4.85. The molecule has 0 atom stereocenters. The summed E-state index contributed by atoms with van der Waals surface area (Å²) >= 11 is 0. The lowest BCUT2D eigenvalue weighted by molar-refractivity contribution is 1.18. The number of benzene rings is 7. The van der Waals surface area contributed by atoms with Crippen LogP contribution in [-0.4, -0.2) is 14.5 Å². The molecule has 226 valence electrons. The van der Waals surface area contributed by atoms with Gasteiger partial charge in [-0.3, -0.25) is 4.98 Å². The van der Waals surface area contributed by atoms with E-state index in [1.165, 1.54) is 32.9 Å². The molecule has 0 fully saturated rings. The van der Waals surface area contributed by atoms with Crippen molar-refractivity contribution in [1.29, 1.82) is 0 Å². The third-order valence-corrected chi connectivity index (χ3v) is 9.03. The number of aromatic nitrogens is 3. The first-order valence-corrected chi connectivity index (χ1v) is 16.2. The van der Waals surface area contributed by atoms with Crippen molar-refractivity contribution in [1.82, 2.24) is 14.5 Å². The molecule has 0 bridgehead atoms. The summed E-state index contributed by atoms with van der Waals surface area (Å²) in [5, 5.41) is 2.46. The highest BCUT2D eigenvalue weighted by atomic mass is 15.1. The van der Waals surface area contributed by atoms with Gasteiger partial charge in [0.15, 0.2) is 0 Å². The van der Waals surface area contributed by atoms with E-state index in [1.807, 2.05) is 30.5 Å². The zero-order chi connectivity index (χ0) is 31.9. The summed E-state index contributed by atoms with van der Waals surface area (Å²) in [7, 11) is 0. The van der Waals surface area contributed by atoms with Gasteiger partial charge in [0.25, 0.3) is 0 Å². The van der Waals surface area contributed by atoms with E-state index in [1.54, 1.807) is 0 Å². The molecule has 0 aliphatic rings. The van der Waals surface area contributed by atoms with Crippen LogP contribution in [0, 0.1) is 0 Å². The highest BCUT2D eigenvalue weighted by Crippen LogP contribution is 2.38. The molecular formula is C44H30N4. The molecule has 2 heterocycles. The third-order valence-electron chi connectivity index (χ3n) is 9.03. The van der Waals surface area contributed by atoms with Crippen LogP contribution in [0.15, 0.2) is 182 Å². The van der Waals surface area contributed by atoms with Crippen LogP contribution in [0.4, 0.5) is 17.1 Å². The Labute approximate surface area is 278 Å². The van der Waals surface area contributed by atoms with Gasteiger partial charge in [0, 0.05) is 39.1 Å². The van der Waals surface area contributed by atoms with Gasteiger partial charge in [0.05, 0.1) is 34.0 Å². The van der Waals surface area contributed by atoms with Gasteiger partial charge in [0.1, 0.15) is 0 Å². The van der Waals surface area contributed by atoms with Crippen LogP contribution in [0.25, 0.3) is 60.9 Å². The van der Waals surface area contributed by atoms with Crippen LogP contribution in [0.2, 0.25) is 0 Å². The molecule has 0 spiro atoms. The molecule has 0 aliphatic carbocycles. The van der Waals surface area contributed by atoms with Gasteiger partial charge in [-0.15, -0.1) is 0 Å². The van der Waals surface area contributed by atoms with E-state index in [2.05, 4.69) is 166 Å². The second-order valence-electron chi connectivity index (χ2n) is 11.9. The van der Waals surface area contributed by atoms with Crippen LogP contribution in [0.1, 0.15) is 0 Å². The summed E-state index contributed by atoms with van der Waals surface area (Å²) in [6.45, 7) is 0. The highest BCUT2D eigenvalue weighted by Gasteiger charge is 2.15. The lowest BCUT2D eigenvalue weighted by Gasteiger charge is -2.25. The van der Waals surface area contributed by atoms with E-state index < -0.39 is 0 Å². The summed E-state index contributed by atoms with van der Waals surface area (Å²) in [4.78, 5) is 11.8. The lowest BCUT2D eigenvalue weighted by atomic mass is 10.0. The average molecular weight is 615 g/mol. The minimum atomic E-state index is 0.869. The zero-order valence-electron chi connectivity index (χ0n) is 26.1. The van der Waals surface area contributed by atoms with Crippen molar-refractivity contribution in [3.63, 3.8) is 0 Å². The molecule has 0 N–H and O–H groups in total. The number of nitrogens with zero attached hydrogens (tertiary/aromatic N) is 4. The topological polar surface area (TPSA) is 34.0 Å². The fraction of sp³-hybridized carbons (Fsp3) is 0. The van der Waals surface area contributed by atoms with Gasteiger partial charge >= 0.3 is 0 Å². The molecule has 0 unspecified atom stereocenters. The van der Waals surface area contributed by atoms with E-state index in [-0.39, 0.29) is 0 Å². The normalized spacial score (nSPS) is 11.3. The second kappa shape index (κ2) is 11.7. The van der Waals surface area contributed by atoms with Crippen molar-refractivity contribution in [2.45, 2.75) is 0 Å². The van der Waals surface area contributed by atoms with Crippen LogP contribution in [0.5, 0.6) is 0 Å². The fourth-order valence-corrected chi connectivity index (χ4v) is 6.71. The number of hydrogen-bond acceptors (Lipinski definition) is 3. The smallest absolute Gasteiger partial charge is 0.0894 e. The maximum Gasteiger partial charge on any atom is 0.0894 e. The minimum absolute atomic E-state index is 0.869. The molecule has 0 saturated carbocycles. The Balaban J connectivity index is 1.08. The Bertz CT molecular complexity index is 2500. The van der Waals surface area contributed by atoms with Crippen molar-refractivity contribution >= 4 is 49.9 Å². The standard InChI is InChI=1S/C44H30N4/c1-3-11-34(12-4-1)47(35-13-5-2-6-14-35)36-24-19-31(20-25-36)33-23-28-44-39(29-33)38-15-7-10-18-43(38)48(44)37-26-21-32(22-27-37)42-30-45-40-16-8-9-17-41(40)46-42/h1-30H. The Morgan fingerprint density at radius 3 is 1.71 bits per heavy atom. The molecule has 0 aliphatic heterocycles. The molecular weight excluding hydrogens is 585 g/mol. The second-order valence-corrected chi connectivity index (χ2v) is 11.9. The van der Waals surface area contributed by atoms with Crippen LogP contribution in [-0.2, 0) is 0 Å². The zero-order valence-corrected chi connectivity index (χ0v) is 26.1. The van der Waals surface area contributed by atoms with Gasteiger partial charge in [0.2, 0.25) is 0 Å². The molecule has 4 nitrogen and oxygen atoms in total. The highest BCUT2D eigenvalue weighted by molar-refractivity contribution is 6.10. The summed E-state index contributed by atoms with van der Waals surface area (Å²) in [5.74, 6) is 0. The SMILES string of the molecule is c1ccc(N(c2ccccc2)c2ccc(-c3ccc4c(c3)c3ccccc3n4-c3ccc(-c4cnc5ccccc5n4)cc3)cc2)cc1.